The van der Waals surface area contributed by atoms with E-state index >= 15 is 0 Å². The van der Waals surface area contributed by atoms with Crippen molar-refractivity contribution in [2.24, 2.45) is 47.3 Å². The second-order valence-corrected chi connectivity index (χ2v) is 39.0. The van der Waals surface area contributed by atoms with E-state index in [0.29, 0.717) is 64.4 Å². The number of allylic oxidation sites excluding steroid dienone is 8. The van der Waals surface area contributed by atoms with Gasteiger partial charge in [0.05, 0.1) is 77.4 Å². The first kappa shape index (κ1) is 90.1. The molecule has 26 nitrogen and oxygen atoms in total. The van der Waals surface area contributed by atoms with Gasteiger partial charge in [0.1, 0.15) is 34.1 Å². The Kier molecular flexibility index (Phi) is 22.3. The third-order valence-corrected chi connectivity index (χ3v) is 31.0. The zero-order valence-electron chi connectivity index (χ0n) is 79.5. The van der Waals surface area contributed by atoms with Crippen LogP contribution in [0.1, 0.15) is 138 Å². The van der Waals surface area contributed by atoms with Crippen LogP contribution in [0.5, 0.6) is 0 Å². The third kappa shape index (κ3) is 14.8. The van der Waals surface area contributed by atoms with Crippen LogP contribution in [0.3, 0.4) is 0 Å². The first-order chi connectivity index (χ1) is 68.8. The lowest BCUT2D eigenvalue weighted by atomic mass is 9.58. The summed E-state index contributed by atoms with van der Waals surface area (Å²) in [5.74, 6) is 5.00. The van der Waals surface area contributed by atoms with E-state index in [9.17, 15) is 19.2 Å². The summed E-state index contributed by atoms with van der Waals surface area (Å²) in [6.07, 6.45) is 22.3. The molecule has 0 saturated heterocycles. The fourth-order valence-electron chi connectivity index (χ4n) is 23.9. The summed E-state index contributed by atoms with van der Waals surface area (Å²) in [5, 5.41) is 9.02. The second kappa shape index (κ2) is 35.1. The van der Waals surface area contributed by atoms with Crippen molar-refractivity contribution in [3.63, 3.8) is 0 Å². The van der Waals surface area contributed by atoms with Gasteiger partial charge in [0.2, 0.25) is 34.5 Å². The van der Waals surface area contributed by atoms with Crippen LogP contribution >= 0.6 is 0 Å². The number of rotatable bonds is 8. The molecule has 0 saturated carbocycles. The summed E-state index contributed by atoms with van der Waals surface area (Å²) in [5.41, 5.74) is 16.7. The Morgan fingerprint density at radius 2 is 0.669 bits per heavy atom. The number of nitrogens with zero attached hydrogens (tertiary/aromatic N) is 18. The van der Waals surface area contributed by atoms with E-state index in [0.717, 1.165) is 190 Å². The van der Waals surface area contributed by atoms with E-state index in [1.165, 1.54) is 0 Å². The Labute approximate surface area is 817 Å². The number of furan rings is 3. The van der Waals surface area contributed by atoms with E-state index in [1.807, 2.05) is 235 Å². The molecule has 0 bridgehead atoms. The van der Waals surface area contributed by atoms with Gasteiger partial charge in [-0.3, -0.25) is 19.9 Å². The molecule has 142 heavy (non-hydrogen) atoms. The molecule has 25 rings (SSSR count). The van der Waals surface area contributed by atoms with Gasteiger partial charge in [-0.25, -0.2) is 59.3 Å². The van der Waals surface area contributed by atoms with Gasteiger partial charge in [-0.2, -0.15) is 4.98 Å². The molecule has 0 amide bonds. The van der Waals surface area contributed by atoms with Crippen LogP contribution in [0.4, 0.5) is 0 Å². The maximum Gasteiger partial charge on any atom is 0.226 e. The SMILES string of the molecule is [C-]#[N+]C1=C[C@@]2(C)c3nc(-c4ccnc5ccccc45)nc(-c4cc5ccccc5o4)c3CC[C@@H]2[C@@H](C)C1=O.[C-]#[N+]C1=C[C@@]2(C)c3nc(-c4ccnc5ccccc45)nc(-c4ccc(C)o4)c3CC[C@@H]2[C@@H](C)C1=O.[C-]#[N+]C1=C[C@@]2(C)c3nc(-c4ccnc5ccccc45)nc(-c4ccco4)c3CC[C@@H]2[C@@H](C)C1=O.[C-]#[N+]C1=C[C@@]2(C)c3nc(-c4ccnc5ccccc45)nc(-c4noc(C)n4)c3CC[C@@H]2[C@@H](C)C1=O. The molecule has 17 aromatic rings. The van der Waals surface area contributed by atoms with Crippen LogP contribution in [0.25, 0.3) is 165 Å². The smallest absolute Gasteiger partial charge is 0.226 e. The average Bonchev–Trinajstić information content (AvgIpc) is 0.982. The van der Waals surface area contributed by atoms with Gasteiger partial charge in [-0.1, -0.05) is 176 Å². The van der Waals surface area contributed by atoms with Crippen molar-refractivity contribution in [2.45, 2.75) is 142 Å². The number of fused-ring (bicyclic) bond motifs is 17. The second-order valence-electron chi connectivity index (χ2n) is 39.0. The molecule has 0 N–H and O–H groups in total. The first-order valence-electron chi connectivity index (χ1n) is 47.8. The Hall–Kier alpha value is -17.1. The molecule has 12 atom stereocenters. The van der Waals surface area contributed by atoms with Crippen LogP contribution in [0.15, 0.2) is 272 Å². The van der Waals surface area contributed by atoms with Gasteiger partial charge in [-0.15, -0.1) is 0 Å². The van der Waals surface area contributed by atoms with Crippen molar-refractivity contribution in [3.8, 4) is 91.4 Å². The van der Waals surface area contributed by atoms with Gasteiger partial charge in [0, 0.05) is 148 Å². The number of para-hydroxylation sites is 5. The Morgan fingerprint density at radius 1 is 0.338 bits per heavy atom. The predicted molar refractivity (Wildman–Crippen MR) is 537 cm³/mol. The molecule has 0 fully saturated rings. The number of hydrogen-bond donors (Lipinski definition) is 0. The molecule has 0 aliphatic heterocycles. The quantitative estimate of drug-likeness (QED) is 0.128. The lowest BCUT2D eigenvalue weighted by Crippen LogP contribution is -2.46. The summed E-state index contributed by atoms with van der Waals surface area (Å²) < 4.78 is 23.5. The van der Waals surface area contributed by atoms with Crippen LogP contribution in [0.2, 0.25) is 0 Å². The highest BCUT2D eigenvalue weighted by Crippen LogP contribution is 2.57. The van der Waals surface area contributed by atoms with Crippen LogP contribution in [0, 0.1) is 87.5 Å². The summed E-state index contributed by atoms with van der Waals surface area (Å²) in [7, 11) is 0. The maximum atomic E-state index is 13.0. The molecule has 12 heterocycles. The van der Waals surface area contributed by atoms with Gasteiger partial charge in [0.25, 0.3) is 0 Å². The Bertz CT molecular complexity index is 8250. The van der Waals surface area contributed by atoms with Gasteiger partial charge < -0.3 is 37.0 Å². The molecule has 694 valence electrons. The minimum Gasteiger partial charge on any atom is -0.463 e. The molecule has 8 aliphatic carbocycles. The Morgan fingerprint density at radius 3 is 0.993 bits per heavy atom. The zero-order chi connectivity index (χ0) is 98.1. The fraction of sp³-hybridized carbons (Fsp3) is 0.259. The summed E-state index contributed by atoms with van der Waals surface area (Å²) in [6, 6.07) is 57.1. The highest BCUT2D eigenvalue weighted by Gasteiger charge is 2.55. The van der Waals surface area contributed by atoms with Crippen LogP contribution in [-0.4, -0.2) is 93.1 Å². The molecular formula is C116H92N18O8. The number of aryl methyl sites for hydroxylation is 2. The number of pyridine rings is 4. The monoisotopic (exact) mass is 1860 g/mol. The normalized spacial score (nSPS) is 23.2. The maximum absolute atomic E-state index is 13.0. The molecule has 0 spiro atoms. The van der Waals surface area contributed by atoms with Gasteiger partial charge in [0.15, 0.2) is 63.7 Å². The van der Waals surface area contributed by atoms with E-state index in [2.05, 4.69) is 77.2 Å². The van der Waals surface area contributed by atoms with Crippen molar-refractivity contribution in [1.29, 1.82) is 0 Å². The van der Waals surface area contributed by atoms with Gasteiger partial charge in [-0.05, 0) is 167 Å². The largest absolute Gasteiger partial charge is 0.463 e. The molecule has 0 radical (unpaired) electrons. The molecule has 0 unspecified atom stereocenters. The topological polar surface area (TPSA) is 319 Å². The minimum atomic E-state index is -0.602. The zero-order valence-corrected chi connectivity index (χ0v) is 79.5. The predicted octanol–water partition coefficient (Wildman–Crippen LogP) is 23.7. The van der Waals surface area contributed by atoms with Crippen molar-refractivity contribution in [2.75, 3.05) is 0 Å². The summed E-state index contributed by atoms with van der Waals surface area (Å²) >= 11 is 0. The van der Waals surface area contributed by atoms with Crippen molar-refractivity contribution >= 4 is 77.7 Å². The number of carbonyl (C=O) groups is 4. The van der Waals surface area contributed by atoms with Crippen molar-refractivity contribution in [3.05, 3.63) is 356 Å². The fourth-order valence-corrected chi connectivity index (χ4v) is 23.9. The highest BCUT2D eigenvalue weighted by atomic mass is 16.5. The standard InChI is InChI=1S/C32H24N4O2.C29H24N4O2.C28H22N4O2.C27H22N6O2/c1-18-23-13-12-22-28(27-16-19-8-4-7-11-26(19)38-27)35-31(21-14-15-34-24-10-6-5-9-20(21)24)36-30(22)32(23,2)17-25(33-3)29(18)37;1-16-9-12-24(35-16)25-20-10-11-21-17(2)26(34)23(30-4)15-29(21,3)27(20)33-28(32-25)19-13-14-31-22-8-6-5-7-18(19)22;1-16-20-11-10-19-24(23-9-6-14-34-23)31-27(18-12-13-30-21-8-5-4-7-17(18)21)32-26(19)28(20,2)15-22(29-3)25(16)33;1-14-19-10-9-18-22(26-30-15(2)35-33-26)31-25(17-11-12-29-20-8-6-5-7-16(17)20)32-24(18)27(19,3)13-21(28-4)23(14)34/h4-11,14-18,23H,12-13H2,1-2H3;5-9,12-15,17,21H,10-11H2,1-3H3;4-9,12-16,20H,10-11H2,1-2H3;5-8,11-14,19H,9-10H2,1-3H3/t18-,23-,32-;17-,21-,29-;16-,20-,28-;14-,19-,27-/m1111/s1. The van der Waals surface area contributed by atoms with E-state index < -0.39 is 21.7 Å². The molecule has 8 aliphatic rings. The third-order valence-electron chi connectivity index (χ3n) is 31.0. The molecular weight excluding hydrogens is 1770 g/mol. The van der Waals surface area contributed by atoms with E-state index in [1.54, 1.807) is 38.0 Å². The summed E-state index contributed by atoms with van der Waals surface area (Å²) in [4.78, 5) is 129. The Balaban J connectivity index is 0.000000109. The van der Waals surface area contributed by atoms with Crippen LogP contribution < -0.4 is 0 Å². The van der Waals surface area contributed by atoms with Crippen LogP contribution in [-0.2, 0) is 66.5 Å². The molecule has 12 aromatic heterocycles. The first-order valence-corrected chi connectivity index (χ1v) is 47.8. The van der Waals surface area contributed by atoms with Crippen molar-refractivity contribution in [1.82, 2.24) is 69.9 Å². The molecule has 5 aromatic carbocycles. The van der Waals surface area contributed by atoms with E-state index in [4.69, 9.17) is 83.9 Å². The lowest BCUT2D eigenvalue weighted by molar-refractivity contribution is -0.122. The van der Waals surface area contributed by atoms with Gasteiger partial charge >= 0.3 is 0 Å². The minimum absolute atomic E-state index is 0.0322. The number of ketones is 4. The molecule has 26 heteroatoms. The number of Topliss-reactive ketones (excluding diaryl/α,β-unsaturated/α-hetero) is 4. The summed E-state index contributed by atoms with van der Waals surface area (Å²) in [6.45, 7) is 50.4. The average molecular weight is 1870 g/mol. The van der Waals surface area contributed by atoms with Crippen molar-refractivity contribution < 1.29 is 37.0 Å². The lowest BCUT2D eigenvalue weighted by Gasteiger charge is -2.46. The number of aromatic nitrogens is 14. The number of benzene rings is 5. The number of carbonyl (C=O) groups excluding carboxylic acids is 4. The van der Waals surface area contributed by atoms with E-state index in [-0.39, 0.29) is 93.3 Å². The number of hydrogen-bond acceptors (Lipinski definition) is 22. The highest BCUT2D eigenvalue weighted by molar-refractivity contribution is 6.04.